The highest BCUT2D eigenvalue weighted by Gasteiger charge is 2.20. The Morgan fingerprint density at radius 3 is 2.75 bits per heavy atom. The Morgan fingerprint density at radius 1 is 1.33 bits per heavy atom. The number of carbonyl (C=O) groups excluding carboxylic acids is 1. The van der Waals surface area contributed by atoms with Gasteiger partial charge in [0.2, 0.25) is 11.0 Å². The maximum atomic E-state index is 12.4. The molecule has 0 spiro atoms. The van der Waals surface area contributed by atoms with Crippen LogP contribution >= 0.6 is 11.3 Å². The average Bonchev–Trinajstić information content (AvgIpc) is 3.20. The van der Waals surface area contributed by atoms with Crippen LogP contribution in [0.4, 0.5) is 5.13 Å². The number of amides is 1. The van der Waals surface area contributed by atoms with Gasteiger partial charge in [-0.3, -0.25) is 9.48 Å². The highest BCUT2D eigenvalue weighted by Crippen LogP contribution is 2.25. The van der Waals surface area contributed by atoms with Crippen molar-refractivity contribution in [3.05, 3.63) is 58.9 Å². The van der Waals surface area contributed by atoms with Crippen LogP contribution in [0.25, 0.3) is 0 Å². The summed E-state index contributed by atoms with van der Waals surface area (Å²) in [5.41, 5.74) is 7.70. The number of rotatable bonds is 6. The van der Waals surface area contributed by atoms with Crippen molar-refractivity contribution < 1.29 is 4.79 Å². The summed E-state index contributed by atoms with van der Waals surface area (Å²) in [6.07, 6.45) is 4.01. The summed E-state index contributed by atoms with van der Waals surface area (Å²) < 4.78 is 1.76. The maximum Gasteiger partial charge on any atom is 0.222 e. The molecule has 1 unspecified atom stereocenters. The van der Waals surface area contributed by atoms with Gasteiger partial charge in [-0.25, -0.2) is 0 Å². The third-order valence-electron chi connectivity index (χ3n) is 3.47. The first-order chi connectivity index (χ1) is 11.6. The van der Waals surface area contributed by atoms with Crippen LogP contribution in [-0.4, -0.2) is 25.9 Å². The number of nitrogen functional groups attached to an aromatic ring is 1. The standard InChI is InChI=1S/C16H18N6OS/c1-11-9-18-22(10-11)8-7-13(23)19-14(12-5-3-2-4-6-12)15-20-21-16(17)24-15/h2-6,9-10,14H,7-8H2,1H3,(H2,17,21)(H,19,23). The van der Waals surface area contributed by atoms with Crippen molar-refractivity contribution in [2.45, 2.75) is 25.9 Å². The monoisotopic (exact) mass is 342 g/mol. The molecule has 1 atom stereocenters. The Morgan fingerprint density at radius 2 is 2.12 bits per heavy atom. The van der Waals surface area contributed by atoms with Crippen LogP contribution in [0, 0.1) is 6.92 Å². The second kappa shape index (κ2) is 7.22. The quantitative estimate of drug-likeness (QED) is 0.713. The number of anilines is 1. The van der Waals surface area contributed by atoms with Gasteiger partial charge in [0.25, 0.3) is 0 Å². The molecular weight excluding hydrogens is 324 g/mol. The maximum absolute atomic E-state index is 12.4. The molecule has 2 aromatic heterocycles. The predicted octanol–water partition coefficient (Wildman–Crippen LogP) is 1.92. The number of nitrogens with one attached hydrogen (secondary N) is 1. The van der Waals surface area contributed by atoms with Crippen molar-refractivity contribution in [1.82, 2.24) is 25.3 Å². The second-order valence-electron chi connectivity index (χ2n) is 5.42. The highest BCUT2D eigenvalue weighted by atomic mass is 32.1. The van der Waals surface area contributed by atoms with E-state index in [4.69, 9.17) is 5.73 Å². The van der Waals surface area contributed by atoms with Gasteiger partial charge in [-0.15, -0.1) is 10.2 Å². The Balaban J connectivity index is 1.70. The summed E-state index contributed by atoms with van der Waals surface area (Å²) >= 11 is 1.27. The normalized spacial score (nSPS) is 12.0. The smallest absolute Gasteiger partial charge is 0.222 e. The number of nitrogens with two attached hydrogens (primary N) is 1. The number of aromatic nitrogens is 4. The fraction of sp³-hybridized carbons (Fsp3) is 0.250. The van der Waals surface area contributed by atoms with Gasteiger partial charge in [0.05, 0.1) is 6.20 Å². The van der Waals surface area contributed by atoms with Gasteiger partial charge in [0, 0.05) is 19.2 Å². The van der Waals surface area contributed by atoms with Gasteiger partial charge in [0.1, 0.15) is 11.0 Å². The molecule has 0 fully saturated rings. The first-order valence-electron chi connectivity index (χ1n) is 7.54. The van der Waals surface area contributed by atoms with Crippen molar-refractivity contribution >= 4 is 22.4 Å². The molecule has 3 rings (SSSR count). The van der Waals surface area contributed by atoms with Gasteiger partial charge in [-0.2, -0.15) is 5.10 Å². The minimum atomic E-state index is -0.354. The Bertz CT molecular complexity index is 813. The van der Waals surface area contributed by atoms with Crippen molar-refractivity contribution in [3.63, 3.8) is 0 Å². The fourth-order valence-corrected chi connectivity index (χ4v) is 3.03. The molecule has 0 aliphatic rings. The molecule has 0 saturated heterocycles. The molecular formula is C16H18N6OS. The lowest BCUT2D eigenvalue weighted by Crippen LogP contribution is -2.30. The predicted molar refractivity (Wildman–Crippen MR) is 92.3 cm³/mol. The summed E-state index contributed by atoms with van der Waals surface area (Å²) in [7, 11) is 0. The van der Waals surface area contributed by atoms with E-state index in [0.717, 1.165) is 11.1 Å². The van der Waals surface area contributed by atoms with E-state index in [-0.39, 0.29) is 11.9 Å². The molecule has 0 radical (unpaired) electrons. The van der Waals surface area contributed by atoms with Crippen LogP contribution in [-0.2, 0) is 11.3 Å². The van der Waals surface area contributed by atoms with E-state index in [9.17, 15) is 4.79 Å². The number of hydrogen-bond acceptors (Lipinski definition) is 6. The lowest BCUT2D eigenvalue weighted by atomic mass is 10.1. The van der Waals surface area contributed by atoms with E-state index in [0.29, 0.717) is 23.1 Å². The molecule has 3 N–H and O–H groups in total. The minimum absolute atomic E-state index is 0.0780. The molecule has 3 aromatic rings. The first kappa shape index (κ1) is 16.1. The summed E-state index contributed by atoms with van der Waals surface area (Å²) in [6.45, 7) is 2.49. The minimum Gasteiger partial charge on any atom is -0.374 e. The van der Waals surface area contributed by atoms with E-state index in [2.05, 4.69) is 20.6 Å². The van der Waals surface area contributed by atoms with Crippen LogP contribution in [0.15, 0.2) is 42.7 Å². The van der Waals surface area contributed by atoms with Gasteiger partial charge < -0.3 is 11.1 Å². The molecule has 0 saturated carbocycles. The first-order valence-corrected chi connectivity index (χ1v) is 8.35. The second-order valence-corrected chi connectivity index (χ2v) is 6.46. The number of benzene rings is 1. The zero-order valence-corrected chi connectivity index (χ0v) is 14.0. The molecule has 0 bridgehead atoms. The lowest BCUT2D eigenvalue weighted by molar-refractivity contribution is -0.121. The van der Waals surface area contributed by atoms with E-state index >= 15 is 0 Å². The summed E-state index contributed by atoms with van der Waals surface area (Å²) in [5.74, 6) is -0.0780. The van der Waals surface area contributed by atoms with Gasteiger partial charge in [-0.05, 0) is 18.1 Å². The third-order valence-corrected chi connectivity index (χ3v) is 4.29. The van der Waals surface area contributed by atoms with E-state index < -0.39 is 0 Å². The van der Waals surface area contributed by atoms with Crippen molar-refractivity contribution in [1.29, 1.82) is 0 Å². The highest BCUT2D eigenvalue weighted by molar-refractivity contribution is 7.15. The van der Waals surface area contributed by atoms with Crippen LogP contribution < -0.4 is 11.1 Å². The van der Waals surface area contributed by atoms with Crippen LogP contribution in [0.5, 0.6) is 0 Å². The lowest BCUT2D eigenvalue weighted by Gasteiger charge is -2.16. The van der Waals surface area contributed by atoms with Crippen LogP contribution in [0.1, 0.15) is 28.6 Å². The molecule has 1 amide bonds. The van der Waals surface area contributed by atoms with Gasteiger partial charge in [-0.1, -0.05) is 41.7 Å². The molecule has 7 nitrogen and oxygen atoms in total. The SMILES string of the molecule is Cc1cnn(CCC(=O)NC(c2ccccc2)c2nnc(N)s2)c1. The van der Waals surface area contributed by atoms with E-state index in [1.807, 2.05) is 43.5 Å². The topological polar surface area (TPSA) is 98.7 Å². The van der Waals surface area contributed by atoms with Gasteiger partial charge in [0.15, 0.2) is 0 Å². The summed E-state index contributed by atoms with van der Waals surface area (Å²) in [6, 6.07) is 9.31. The zero-order valence-electron chi connectivity index (χ0n) is 13.2. The molecule has 0 aliphatic heterocycles. The van der Waals surface area contributed by atoms with Crippen LogP contribution in [0.2, 0.25) is 0 Å². The Labute approximate surface area is 143 Å². The van der Waals surface area contributed by atoms with Crippen molar-refractivity contribution in [2.75, 3.05) is 5.73 Å². The molecule has 124 valence electrons. The molecule has 0 aliphatic carbocycles. The molecule has 24 heavy (non-hydrogen) atoms. The van der Waals surface area contributed by atoms with E-state index in [1.165, 1.54) is 11.3 Å². The number of aryl methyl sites for hydroxylation is 2. The molecule has 8 heteroatoms. The van der Waals surface area contributed by atoms with Crippen molar-refractivity contribution in [3.8, 4) is 0 Å². The van der Waals surface area contributed by atoms with E-state index in [1.54, 1.807) is 10.9 Å². The van der Waals surface area contributed by atoms with Crippen LogP contribution in [0.3, 0.4) is 0 Å². The Kier molecular flexibility index (Phi) is 4.85. The number of nitrogens with zero attached hydrogens (tertiary/aromatic N) is 4. The molecule has 2 heterocycles. The number of hydrogen-bond donors (Lipinski definition) is 2. The third kappa shape index (κ3) is 3.96. The Hall–Kier alpha value is -2.74. The van der Waals surface area contributed by atoms with Crippen molar-refractivity contribution in [2.24, 2.45) is 0 Å². The fourth-order valence-electron chi connectivity index (χ4n) is 2.33. The summed E-state index contributed by atoms with van der Waals surface area (Å²) in [4.78, 5) is 12.4. The number of carbonyl (C=O) groups is 1. The zero-order chi connectivity index (χ0) is 16.9. The van der Waals surface area contributed by atoms with Gasteiger partial charge >= 0.3 is 0 Å². The molecule has 1 aromatic carbocycles. The average molecular weight is 342 g/mol. The summed E-state index contributed by atoms with van der Waals surface area (Å²) in [5, 5.41) is 16.2. The largest absolute Gasteiger partial charge is 0.374 e.